The van der Waals surface area contributed by atoms with E-state index in [9.17, 15) is 4.79 Å². The molecule has 3 heteroatoms. The van der Waals surface area contributed by atoms with Crippen LogP contribution in [0.25, 0.3) is 0 Å². The number of hydrogen-bond donors (Lipinski definition) is 1. The summed E-state index contributed by atoms with van der Waals surface area (Å²) in [5, 5.41) is 0. The molecule has 1 aliphatic rings. The van der Waals surface area contributed by atoms with Gasteiger partial charge in [0.05, 0.1) is 6.04 Å². The van der Waals surface area contributed by atoms with E-state index in [4.69, 9.17) is 5.73 Å². The Morgan fingerprint density at radius 3 is 2.35 bits per heavy atom. The first-order valence-electron chi connectivity index (χ1n) is 6.68. The second kappa shape index (κ2) is 4.97. The van der Waals surface area contributed by atoms with Gasteiger partial charge in [-0.25, -0.2) is 0 Å². The highest BCUT2D eigenvalue weighted by molar-refractivity contribution is 5.82. The summed E-state index contributed by atoms with van der Waals surface area (Å²) in [6.07, 6.45) is 3.37. The molecule has 0 saturated carbocycles. The van der Waals surface area contributed by atoms with Crippen molar-refractivity contribution in [3.8, 4) is 0 Å². The van der Waals surface area contributed by atoms with Gasteiger partial charge < -0.3 is 10.6 Å². The minimum absolute atomic E-state index is 0.121. The highest BCUT2D eigenvalue weighted by Crippen LogP contribution is 2.30. The average molecular weight is 240 g/mol. The van der Waals surface area contributed by atoms with Crippen LogP contribution in [0.3, 0.4) is 0 Å². The van der Waals surface area contributed by atoms with Gasteiger partial charge in [0.25, 0.3) is 0 Å². The Morgan fingerprint density at radius 1 is 1.24 bits per heavy atom. The maximum absolute atomic E-state index is 12.3. The zero-order valence-corrected chi connectivity index (χ0v) is 12.0. The van der Waals surface area contributed by atoms with Gasteiger partial charge in [-0.3, -0.25) is 4.79 Å². The molecule has 0 aromatic rings. The van der Waals surface area contributed by atoms with Crippen molar-refractivity contribution in [1.82, 2.24) is 4.90 Å². The third-order valence-electron chi connectivity index (χ3n) is 3.85. The Hall–Kier alpha value is -0.570. The van der Waals surface area contributed by atoms with Gasteiger partial charge in [-0.05, 0) is 30.1 Å². The Labute approximate surface area is 106 Å². The number of likely N-dealkylation sites (tertiary alicyclic amines) is 1. The largest absolute Gasteiger partial charge is 0.341 e. The second-order valence-corrected chi connectivity index (χ2v) is 7.19. The number of rotatable bonds is 1. The molecule has 1 heterocycles. The van der Waals surface area contributed by atoms with Crippen LogP contribution in [0, 0.1) is 10.8 Å². The van der Waals surface area contributed by atoms with Crippen LogP contribution in [0.4, 0.5) is 0 Å². The smallest absolute Gasteiger partial charge is 0.240 e. The molecule has 100 valence electrons. The molecular weight excluding hydrogens is 212 g/mol. The number of hydrogen-bond acceptors (Lipinski definition) is 2. The van der Waals surface area contributed by atoms with E-state index in [1.807, 2.05) is 25.7 Å². The molecule has 17 heavy (non-hydrogen) atoms. The van der Waals surface area contributed by atoms with Gasteiger partial charge in [0, 0.05) is 13.1 Å². The fourth-order valence-electron chi connectivity index (χ4n) is 2.21. The quantitative estimate of drug-likeness (QED) is 0.765. The number of nitrogens with two attached hydrogens (primary N) is 1. The summed E-state index contributed by atoms with van der Waals surface area (Å²) in [7, 11) is 0. The number of nitrogens with zero attached hydrogens (tertiary/aromatic N) is 1. The molecule has 1 aliphatic heterocycles. The zero-order chi connectivity index (χ0) is 13.3. The second-order valence-electron chi connectivity index (χ2n) is 7.19. The molecule has 1 amide bonds. The third kappa shape index (κ3) is 3.98. The van der Waals surface area contributed by atoms with Gasteiger partial charge in [0.2, 0.25) is 5.91 Å². The van der Waals surface area contributed by atoms with E-state index < -0.39 is 0 Å². The third-order valence-corrected chi connectivity index (χ3v) is 3.85. The fraction of sp³-hybridized carbons (Fsp3) is 0.929. The summed E-state index contributed by atoms with van der Waals surface area (Å²) in [5.41, 5.74) is 6.26. The summed E-state index contributed by atoms with van der Waals surface area (Å²) >= 11 is 0. The van der Waals surface area contributed by atoms with Crippen LogP contribution < -0.4 is 5.73 Å². The first-order chi connectivity index (χ1) is 7.63. The molecule has 0 aromatic carbocycles. The summed E-state index contributed by atoms with van der Waals surface area (Å²) in [6, 6.07) is -0.385. The predicted molar refractivity (Wildman–Crippen MR) is 71.6 cm³/mol. The molecule has 0 bridgehead atoms. The molecule has 0 aliphatic carbocycles. The van der Waals surface area contributed by atoms with Crippen LogP contribution in [-0.4, -0.2) is 29.9 Å². The van der Waals surface area contributed by atoms with Crippen molar-refractivity contribution in [2.45, 2.75) is 59.9 Å². The predicted octanol–water partition coefficient (Wildman–Crippen LogP) is 2.40. The van der Waals surface area contributed by atoms with Crippen molar-refractivity contribution in [1.29, 1.82) is 0 Å². The van der Waals surface area contributed by atoms with Crippen LogP contribution in [0.15, 0.2) is 0 Å². The number of carbonyl (C=O) groups excluding carboxylic acids is 1. The molecule has 0 aromatic heterocycles. The van der Waals surface area contributed by atoms with E-state index >= 15 is 0 Å². The molecule has 1 rings (SSSR count). The Morgan fingerprint density at radius 2 is 1.82 bits per heavy atom. The number of carbonyl (C=O) groups is 1. The lowest BCUT2D eigenvalue weighted by Crippen LogP contribution is -2.50. The molecular formula is C14H28N2O. The van der Waals surface area contributed by atoms with Gasteiger partial charge in [0.1, 0.15) is 0 Å². The van der Waals surface area contributed by atoms with E-state index in [1.165, 1.54) is 6.42 Å². The normalized spacial score (nSPS) is 23.1. The van der Waals surface area contributed by atoms with Crippen molar-refractivity contribution in [3.05, 3.63) is 0 Å². The zero-order valence-electron chi connectivity index (χ0n) is 12.0. The van der Waals surface area contributed by atoms with Crippen molar-refractivity contribution >= 4 is 5.91 Å². The lowest BCUT2D eigenvalue weighted by molar-refractivity contribution is -0.134. The molecule has 0 spiro atoms. The van der Waals surface area contributed by atoms with Gasteiger partial charge in [-0.1, -0.05) is 34.6 Å². The van der Waals surface area contributed by atoms with Crippen LogP contribution in [0.5, 0.6) is 0 Å². The highest BCUT2D eigenvalue weighted by atomic mass is 16.2. The van der Waals surface area contributed by atoms with E-state index in [-0.39, 0.29) is 17.4 Å². The van der Waals surface area contributed by atoms with Gasteiger partial charge in [-0.2, -0.15) is 0 Å². The Bertz CT molecular complexity index is 278. The maximum Gasteiger partial charge on any atom is 0.240 e. The Balaban J connectivity index is 2.65. The lowest BCUT2D eigenvalue weighted by atomic mass is 9.85. The lowest BCUT2D eigenvalue weighted by Gasteiger charge is -2.31. The van der Waals surface area contributed by atoms with Crippen LogP contribution in [-0.2, 0) is 4.79 Å². The molecule has 1 saturated heterocycles. The fourth-order valence-corrected chi connectivity index (χ4v) is 2.21. The van der Waals surface area contributed by atoms with E-state index in [0.717, 1.165) is 25.9 Å². The van der Waals surface area contributed by atoms with Gasteiger partial charge in [0.15, 0.2) is 0 Å². The first-order valence-corrected chi connectivity index (χ1v) is 6.68. The first kappa shape index (κ1) is 14.5. The Kier molecular flexibility index (Phi) is 4.23. The average Bonchev–Trinajstić information content (AvgIpc) is 2.36. The van der Waals surface area contributed by atoms with E-state index in [2.05, 4.69) is 13.8 Å². The van der Waals surface area contributed by atoms with E-state index in [0.29, 0.717) is 5.41 Å². The highest BCUT2D eigenvalue weighted by Gasteiger charge is 2.33. The summed E-state index contributed by atoms with van der Waals surface area (Å²) < 4.78 is 0. The van der Waals surface area contributed by atoms with Crippen LogP contribution in [0.1, 0.15) is 53.9 Å². The standard InChI is InChI=1S/C14H28N2O/c1-13(2,3)11(15)12(17)16-9-6-7-14(4,5)8-10-16/h11H,6-10,15H2,1-5H3/t11-/m1/s1. The minimum atomic E-state index is -0.385. The van der Waals surface area contributed by atoms with Gasteiger partial charge in [-0.15, -0.1) is 0 Å². The summed E-state index contributed by atoms with van der Waals surface area (Å²) in [5.74, 6) is 0.121. The topological polar surface area (TPSA) is 46.3 Å². The minimum Gasteiger partial charge on any atom is -0.341 e. The molecule has 3 nitrogen and oxygen atoms in total. The number of amides is 1. The van der Waals surface area contributed by atoms with Crippen molar-refractivity contribution in [2.75, 3.05) is 13.1 Å². The van der Waals surface area contributed by atoms with Crippen molar-refractivity contribution in [2.24, 2.45) is 16.6 Å². The summed E-state index contributed by atoms with van der Waals surface area (Å²) in [6.45, 7) is 12.4. The molecule has 0 unspecified atom stereocenters. The van der Waals surface area contributed by atoms with Crippen LogP contribution in [0.2, 0.25) is 0 Å². The van der Waals surface area contributed by atoms with Crippen molar-refractivity contribution in [3.63, 3.8) is 0 Å². The molecule has 0 radical (unpaired) electrons. The monoisotopic (exact) mass is 240 g/mol. The SMILES string of the molecule is CC1(C)CCCN(C(=O)[C@@H](N)C(C)(C)C)CC1. The molecule has 2 N–H and O–H groups in total. The molecule has 1 fully saturated rings. The molecule has 1 atom stereocenters. The van der Waals surface area contributed by atoms with Gasteiger partial charge >= 0.3 is 0 Å². The van der Waals surface area contributed by atoms with Crippen molar-refractivity contribution < 1.29 is 4.79 Å². The maximum atomic E-state index is 12.3. The van der Waals surface area contributed by atoms with Crippen LogP contribution >= 0.6 is 0 Å². The van der Waals surface area contributed by atoms with E-state index in [1.54, 1.807) is 0 Å². The summed E-state index contributed by atoms with van der Waals surface area (Å²) in [4.78, 5) is 14.3.